The zero-order chi connectivity index (χ0) is 29.5. The first-order valence-electron chi connectivity index (χ1n) is 14.3. The van der Waals surface area contributed by atoms with E-state index in [-0.39, 0.29) is 23.9 Å². The molecule has 1 amide bonds. The summed E-state index contributed by atoms with van der Waals surface area (Å²) in [6, 6.07) is 16.6. The summed E-state index contributed by atoms with van der Waals surface area (Å²) in [6.45, 7) is 5.03. The fourth-order valence-electron chi connectivity index (χ4n) is 5.12. The lowest BCUT2D eigenvalue weighted by molar-refractivity contribution is -0.128. The molecule has 1 aliphatic heterocycles. The van der Waals surface area contributed by atoms with Gasteiger partial charge in [-0.2, -0.15) is 10.1 Å². The number of rotatable bonds is 9. The molecule has 0 spiro atoms. The maximum atomic E-state index is 12.5. The summed E-state index contributed by atoms with van der Waals surface area (Å²) < 4.78 is 13.4. The van der Waals surface area contributed by atoms with Crippen LogP contribution in [0.3, 0.4) is 0 Å². The van der Waals surface area contributed by atoms with Crippen molar-refractivity contribution in [1.82, 2.24) is 35.0 Å². The quantitative estimate of drug-likeness (QED) is 0.224. The van der Waals surface area contributed by atoms with Crippen LogP contribution in [-0.4, -0.2) is 53.5 Å². The number of likely N-dealkylation sites (tertiary alicyclic amines) is 1. The first-order chi connectivity index (χ1) is 20.9. The number of hydrogen-bond donors (Lipinski definition) is 0. The molecule has 1 unspecified atom stereocenters. The molecule has 11 nitrogen and oxygen atoms in total. The van der Waals surface area contributed by atoms with E-state index < -0.39 is 0 Å². The average Bonchev–Trinajstić information content (AvgIpc) is 3.36. The maximum Gasteiger partial charge on any atom is 0.267 e. The van der Waals surface area contributed by atoms with E-state index >= 15 is 0 Å². The number of hydrogen-bond acceptors (Lipinski definition) is 10. The molecule has 3 aromatic heterocycles. The predicted octanol–water partition coefficient (Wildman–Crippen LogP) is 5.25. The number of carbonyl (C=O) groups is 1. The molecular weight excluding hydrogens is 566 g/mol. The summed E-state index contributed by atoms with van der Waals surface area (Å²) in [5.74, 6) is 2.40. The minimum atomic E-state index is -0.215. The molecule has 1 aliphatic carbocycles. The van der Waals surface area contributed by atoms with Gasteiger partial charge in [-0.25, -0.2) is 4.68 Å². The zero-order valence-corrected chi connectivity index (χ0v) is 24.5. The minimum Gasteiger partial charge on any atom is -0.457 e. The SMILES string of the molecule is CC(C)c1nnc(-c2ccc(Oc3cc(-c4nc(C5CC(=O)N(C6CC6)C5)no4)ccc3Cn3ncccc3=O)cc2)s1. The molecule has 0 N–H and O–H groups in total. The molecule has 1 saturated heterocycles. The van der Waals surface area contributed by atoms with E-state index in [1.807, 2.05) is 47.4 Å². The van der Waals surface area contributed by atoms with Gasteiger partial charge in [0.1, 0.15) is 21.5 Å². The smallest absolute Gasteiger partial charge is 0.267 e. The van der Waals surface area contributed by atoms with Crippen LogP contribution in [0, 0.1) is 0 Å². The molecule has 12 heteroatoms. The molecule has 218 valence electrons. The van der Waals surface area contributed by atoms with E-state index in [1.54, 1.807) is 23.6 Å². The Balaban J connectivity index is 1.16. The maximum absolute atomic E-state index is 12.5. The monoisotopic (exact) mass is 595 g/mol. The van der Waals surface area contributed by atoms with Crippen LogP contribution >= 0.6 is 11.3 Å². The van der Waals surface area contributed by atoms with Crippen molar-refractivity contribution in [1.29, 1.82) is 0 Å². The largest absolute Gasteiger partial charge is 0.457 e. The Labute approximate surface area is 251 Å². The van der Waals surface area contributed by atoms with Crippen LogP contribution in [0.4, 0.5) is 0 Å². The van der Waals surface area contributed by atoms with Crippen molar-refractivity contribution in [2.24, 2.45) is 0 Å². The van der Waals surface area contributed by atoms with E-state index in [0.717, 1.165) is 34.0 Å². The zero-order valence-electron chi connectivity index (χ0n) is 23.7. The molecule has 1 atom stereocenters. The highest BCUT2D eigenvalue weighted by molar-refractivity contribution is 7.14. The first kappa shape index (κ1) is 27.1. The highest BCUT2D eigenvalue weighted by atomic mass is 32.1. The lowest BCUT2D eigenvalue weighted by Gasteiger charge is -2.14. The summed E-state index contributed by atoms with van der Waals surface area (Å²) in [7, 11) is 0. The summed E-state index contributed by atoms with van der Waals surface area (Å²) >= 11 is 1.58. The van der Waals surface area contributed by atoms with Gasteiger partial charge in [-0.15, -0.1) is 10.2 Å². The summed E-state index contributed by atoms with van der Waals surface area (Å²) in [6.07, 6.45) is 4.11. The summed E-state index contributed by atoms with van der Waals surface area (Å²) in [5.41, 5.74) is 2.16. The third-order valence-corrected chi connectivity index (χ3v) is 8.91. The van der Waals surface area contributed by atoms with Crippen molar-refractivity contribution < 1.29 is 14.1 Å². The van der Waals surface area contributed by atoms with Gasteiger partial charge in [0.05, 0.1) is 6.54 Å². The van der Waals surface area contributed by atoms with Crippen LogP contribution in [0.1, 0.15) is 61.3 Å². The second-order valence-corrected chi connectivity index (χ2v) is 12.2. The van der Waals surface area contributed by atoms with E-state index in [4.69, 9.17) is 9.26 Å². The fraction of sp³-hybridized carbons (Fsp3) is 0.323. The highest BCUT2D eigenvalue weighted by Crippen LogP contribution is 2.37. The first-order valence-corrected chi connectivity index (χ1v) is 15.1. The van der Waals surface area contributed by atoms with Gasteiger partial charge in [-0.05, 0) is 55.3 Å². The van der Waals surface area contributed by atoms with Crippen LogP contribution < -0.4 is 10.3 Å². The normalized spacial score (nSPS) is 16.8. The number of aromatic nitrogens is 6. The Morgan fingerprint density at radius 3 is 2.60 bits per heavy atom. The number of ether oxygens (including phenoxy) is 1. The van der Waals surface area contributed by atoms with Crippen LogP contribution in [-0.2, 0) is 11.3 Å². The van der Waals surface area contributed by atoms with E-state index in [2.05, 4.69) is 39.3 Å². The van der Waals surface area contributed by atoms with E-state index in [0.29, 0.717) is 53.7 Å². The van der Waals surface area contributed by atoms with Gasteiger partial charge in [0, 0.05) is 59.8 Å². The summed E-state index contributed by atoms with van der Waals surface area (Å²) in [5, 5.41) is 18.9. The molecular formula is C31H29N7O4S. The third-order valence-electron chi connectivity index (χ3n) is 7.64. The predicted molar refractivity (Wildman–Crippen MR) is 159 cm³/mol. The minimum absolute atomic E-state index is 0.0835. The van der Waals surface area contributed by atoms with Crippen molar-refractivity contribution in [2.75, 3.05) is 6.54 Å². The third kappa shape index (κ3) is 5.70. The average molecular weight is 596 g/mol. The highest BCUT2D eigenvalue weighted by Gasteiger charge is 2.41. The molecule has 1 saturated carbocycles. The van der Waals surface area contributed by atoms with Gasteiger partial charge in [-0.3, -0.25) is 9.59 Å². The molecule has 7 rings (SSSR count). The Kier molecular flexibility index (Phi) is 7.05. The van der Waals surface area contributed by atoms with Gasteiger partial charge in [0.2, 0.25) is 5.91 Å². The molecule has 5 aromatic rings. The van der Waals surface area contributed by atoms with Gasteiger partial charge < -0.3 is 14.2 Å². The van der Waals surface area contributed by atoms with Gasteiger partial charge >= 0.3 is 0 Å². The molecule has 2 fully saturated rings. The molecule has 0 bridgehead atoms. The van der Waals surface area contributed by atoms with E-state index in [9.17, 15) is 9.59 Å². The lowest BCUT2D eigenvalue weighted by atomic mass is 10.1. The molecule has 2 aliphatic rings. The van der Waals surface area contributed by atoms with Crippen molar-refractivity contribution in [3.63, 3.8) is 0 Å². The molecule has 4 heterocycles. The Morgan fingerprint density at radius 1 is 1.05 bits per heavy atom. The van der Waals surface area contributed by atoms with Crippen molar-refractivity contribution in [2.45, 2.75) is 57.5 Å². The molecule has 43 heavy (non-hydrogen) atoms. The van der Waals surface area contributed by atoms with Gasteiger partial charge in [0.15, 0.2) is 5.82 Å². The van der Waals surface area contributed by atoms with Crippen molar-refractivity contribution >= 4 is 17.2 Å². The number of benzene rings is 2. The fourth-order valence-corrected chi connectivity index (χ4v) is 5.97. The van der Waals surface area contributed by atoms with Crippen LogP contribution in [0.15, 0.2) is 70.1 Å². The van der Waals surface area contributed by atoms with Crippen LogP contribution in [0.25, 0.3) is 22.0 Å². The molecule has 2 aromatic carbocycles. The van der Waals surface area contributed by atoms with Gasteiger partial charge in [0.25, 0.3) is 11.4 Å². The number of amides is 1. The number of carbonyl (C=O) groups excluding carboxylic acids is 1. The second kappa shape index (κ2) is 11.2. The second-order valence-electron chi connectivity index (χ2n) is 11.2. The topological polar surface area (TPSA) is 129 Å². The standard InChI is InChI=1S/C31H29N7O4S/c1-18(2)30-34-35-31(43-30)19-7-11-24(12-8-19)41-25-14-20(5-6-21(25)17-38-26(39)4-3-13-32-38)29-33-28(36-42-29)22-15-27(40)37(16-22)23-9-10-23/h3-8,11-14,18,22-23H,9-10,15-17H2,1-2H3. The van der Waals surface area contributed by atoms with E-state index in [1.165, 1.54) is 10.7 Å². The number of nitrogens with zero attached hydrogens (tertiary/aromatic N) is 7. The van der Waals surface area contributed by atoms with Gasteiger partial charge in [-0.1, -0.05) is 36.4 Å². The van der Waals surface area contributed by atoms with Crippen LogP contribution in [0.2, 0.25) is 0 Å². The lowest BCUT2D eigenvalue weighted by Crippen LogP contribution is -2.27. The molecule has 0 radical (unpaired) electrons. The van der Waals surface area contributed by atoms with Crippen molar-refractivity contribution in [3.05, 3.63) is 87.5 Å². The Morgan fingerprint density at radius 2 is 1.86 bits per heavy atom. The Bertz CT molecular complexity index is 1840. The van der Waals surface area contributed by atoms with Crippen LogP contribution in [0.5, 0.6) is 11.5 Å². The summed E-state index contributed by atoms with van der Waals surface area (Å²) in [4.78, 5) is 31.5. The van der Waals surface area contributed by atoms with Crippen molar-refractivity contribution in [3.8, 4) is 33.5 Å². The Hall–Kier alpha value is -4.71.